The maximum atomic E-state index is 13.8. The molecule has 4 aromatic carbocycles. The first-order chi connectivity index (χ1) is 21.2. The predicted octanol–water partition coefficient (Wildman–Crippen LogP) is 4.79. The Kier molecular flexibility index (Phi) is 7.85. The quantitative estimate of drug-likeness (QED) is 0.241. The Balaban J connectivity index is 1.32. The highest BCUT2D eigenvalue weighted by Gasteiger charge is 2.23. The highest BCUT2D eigenvalue weighted by molar-refractivity contribution is 7.91. The average Bonchev–Trinajstić information content (AvgIpc) is 3.43. The van der Waals surface area contributed by atoms with Gasteiger partial charge in [-0.3, -0.25) is 14.7 Å². The van der Waals surface area contributed by atoms with Crippen molar-refractivity contribution in [1.82, 2.24) is 15.1 Å². The summed E-state index contributed by atoms with van der Waals surface area (Å²) in [5, 5.41) is 13.0. The number of carbonyl (C=O) groups is 2. The fraction of sp³-hybridized carbons (Fsp3) is 0.156. The molecule has 0 radical (unpaired) electrons. The normalized spacial score (nSPS) is 14.0. The van der Waals surface area contributed by atoms with Gasteiger partial charge in [0, 0.05) is 42.8 Å². The van der Waals surface area contributed by atoms with Crippen LogP contribution in [0.2, 0.25) is 0 Å². The van der Waals surface area contributed by atoms with E-state index in [1.54, 1.807) is 36.4 Å². The minimum Gasteiger partial charge on any atom is -0.369 e. The van der Waals surface area contributed by atoms with Gasteiger partial charge in [0.1, 0.15) is 5.82 Å². The number of halogens is 1. The zero-order valence-corrected chi connectivity index (χ0v) is 24.6. The highest BCUT2D eigenvalue weighted by Crippen LogP contribution is 2.30. The number of amides is 2. The molecule has 1 aliphatic rings. The Morgan fingerprint density at radius 1 is 0.818 bits per heavy atom. The van der Waals surface area contributed by atoms with Gasteiger partial charge in [0.05, 0.1) is 26.6 Å². The lowest BCUT2D eigenvalue weighted by Gasteiger charge is -2.34. The molecule has 2 heterocycles. The number of nitrogens with zero attached hydrogens (tertiary/aromatic N) is 3. The van der Waals surface area contributed by atoms with Crippen LogP contribution in [-0.2, 0) is 9.84 Å². The SMILES string of the molecule is CN1CCN(c2ccc(C(=O)Nc3n[nH]c4ccc(S(=O)(=O)c5cccc(F)c5)cc34)c(NC(=O)c3ccccc3)c2)CC1. The molecular formula is C32H29FN6O4S. The number of rotatable bonds is 7. The molecule has 10 nitrogen and oxygen atoms in total. The van der Waals surface area contributed by atoms with E-state index >= 15 is 0 Å². The van der Waals surface area contributed by atoms with Gasteiger partial charge >= 0.3 is 0 Å². The van der Waals surface area contributed by atoms with E-state index in [0.29, 0.717) is 22.2 Å². The maximum Gasteiger partial charge on any atom is 0.258 e. The summed E-state index contributed by atoms with van der Waals surface area (Å²) in [5.41, 5.74) is 2.32. The number of sulfone groups is 1. The molecule has 1 aromatic heterocycles. The average molecular weight is 613 g/mol. The summed E-state index contributed by atoms with van der Waals surface area (Å²) in [6, 6.07) is 23.0. The fourth-order valence-corrected chi connectivity index (χ4v) is 6.40. The molecule has 44 heavy (non-hydrogen) atoms. The van der Waals surface area contributed by atoms with E-state index in [-0.39, 0.29) is 27.1 Å². The maximum absolute atomic E-state index is 13.8. The molecule has 3 N–H and O–H groups in total. The van der Waals surface area contributed by atoms with Crippen LogP contribution in [0, 0.1) is 5.82 Å². The monoisotopic (exact) mass is 612 g/mol. The van der Waals surface area contributed by atoms with Crippen LogP contribution in [0.4, 0.5) is 21.6 Å². The molecule has 0 saturated carbocycles. The lowest BCUT2D eigenvalue weighted by atomic mass is 10.1. The molecule has 2 amide bonds. The van der Waals surface area contributed by atoms with E-state index in [4.69, 9.17) is 0 Å². The van der Waals surface area contributed by atoms with E-state index in [1.807, 2.05) is 12.1 Å². The van der Waals surface area contributed by atoms with Crippen LogP contribution < -0.4 is 15.5 Å². The third-order valence-electron chi connectivity index (χ3n) is 7.58. The molecule has 1 saturated heterocycles. The van der Waals surface area contributed by atoms with Crippen molar-refractivity contribution < 1.29 is 22.4 Å². The van der Waals surface area contributed by atoms with E-state index in [2.05, 4.69) is 37.7 Å². The number of carbonyl (C=O) groups excluding carboxylic acids is 2. The van der Waals surface area contributed by atoms with Crippen LogP contribution in [0.3, 0.4) is 0 Å². The summed E-state index contributed by atoms with van der Waals surface area (Å²) in [6.45, 7) is 3.37. The van der Waals surface area contributed by atoms with Crippen molar-refractivity contribution in [2.75, 3.05) is 48.8 Å². The molecular weight excluding hydrogens is 583 g/mol. The number of hydrogen-bond acceptors (Lipinski definition) is 7. The number of likely N-dealkylation sites (N-methyl/N-ethyl adjacent to an activating group) is 1. The Labute approximate surface area is 253 Å². The van der Waals surface area contributed by atoms with Crippen LogP contribution in [0.1, 0.15) is 20.7 Å². The van der Waals surface area contributed by atoms with Crippen LogP contribution in [-0.4, -0.2) is 68.6 Å². The van der Waals surface area contributed by atoms with Crippen LogP contribution in [0.25, 0.3) is 10.9 Å². The van der Waals surface area contributed by atoms with Gasteiger partial charge in [0.15, 0.2) is 5.82 Å². The zero-order chi connectivity index (χ0) is 30.8. The van der Waals surface area contributed by atoms with Crippen LogP contribution >= 0.6 is 0 Å². The van der Waals surface area contributed by atoms with Gasteiger partial charge < -0.3 is 20.4 Å². The van der Waals surface area contributed by atoms with Crippen molar-refractivity contribution in [3.05, 3.63) is 108 Å². The van der Waals surface area contributed by atoms with Crippen molar-refractivity contribution in [3.63, 3.8) is 0 Å². The van der Waals surface area contributed by atoms with E-state index in [9.17, 15) is 22.4 Å². The minimum absolute atomic E-state index is 0.0835. The number of nitrogens with one attached hydrogen (secondary N) is 3. The standard InChI is InChI=1S/C32H29FN6O4S/c1-38-14-16-39(17-15-38)23-10-12-26(29(19-23)34-31(40)21-6-3-2-4-7-21)32(41)35-30-27-20-25(11-13-28(27)36-37-30)44(42,43)24-9-5-8-22(33)18-24/h2-13,18-20H,14-17H2,1H3,(H,34,40)(H2,35,36,37,41). The molecule has 1 fully saturated rings. The molecule has 12 heteroatoms. The van der Waals surface area contributed by atoms with Crippen molar-refractivity contribution in [3.8, 4) is 0 Å². The third kappa shape index (κ3) is 5.90. The molecule has 0 atom stereocenters. The number of aromatic amines is 1. The first-order valence-electron chi connectivity index (χ1n) is 13.9. The van der Waals surface area contributed by atoms with Gasteiger partial charge in [0.2, 0.25) is 9.84 Å². The van der Waals surface area contributed by atoms with E-state index < -0.39 is 21.6 Å². The third-order valence-corrected chi connectivity index (χ3v) is 9.33. The second kappa shape index (κ2) is 11.9. The fourth-order valence-electron chi connectivity index (χ4n) is 5.08. The van der Waals surface area contributed by atoms with Gasteiger partial charge in [-0.2, -0.15) is 5.10 Å². The molecule has 1 aliphatic heterocycles. The summed E-state index contributed by atoms with van der Waals surface area (Å²) in [6.07, 6.45) is 0. The second-order valence-corrected chi connectivity index (χ2v) is 12.5. The second-order valence-electron chi connectivity index (χ2n) is 10.5. The number of aromatic nitrogens is 2. The van der Waals surface area contributed by atoms with Crippen molar-refractivity contribution in [2.45, 2.75) is 9.79 Å². The van der Waals surface area contributed by atoms with Crippen molar-refractivity contribution in [1.29, 1.82) is 0 Å². The number of piperazine rings is 1. The number of anilines is 3. The Morgan fingerprint density at radius 2 is 1.57 bits per heavy atom. The van der Waals surface area contributed by atoms with Gasteiger partial charge in [-0.1, -0.05) is 24.3 Å². The molecule has 5 aromatic rings. The molecule has 0 spiro atoms. The summed E-state index contributed by atoms with van der Waals surface area (Å²) >= 11 is 0. The van der Waals surface area contributed by atoms with Crippen LogP contribution in [0.5, 0.6) is 0 Å². The van der Waals surface area contributed by atoms with E-state index in [1.165, 1.54) is 36.4 Å². The van der Waals surface area contributed by atoms with Crippen LogP contribution in [0.15, 0.2) is 101 Å². The Bertz CT molecular complexity index is 1970. The van der Waals surface area contributed by atoms with Gasteiger partial charge in [-0.15, -0.1) is 0 Å². The predicted molar refractivity (Wildman–Crippen MR) is 166 cm³/mol. The topological polar surface area (TPSA) is 127 Å². The molecule has 6 rings (SSSR count). The van der Waals surface area contributed by atoms with E-state index in [0.717, 1.165) is 37.9 Å². The molecule has 0 bridgehead atoms. The Hall–Kier alpha value is -5.07. The first kappa shape index (κ1) is 29.0. The summed E-state index contributed by atoms with van der Waals surface area (Å²) < 4.78 is 40.2. The summed E-state index contributed by atoms with van der Waals surface area (Å²) in [4.78, 5) is 30.9. The lowest BCUT2D eigenvalue weighted by molar-refractivity contribution is 0.102. The highest BCUT2D eigenvalue weighted by atomic mass is 32.2. The van der Waals surface area contributed by atoms with Gasteiger partial charge in [-0.25, -0.2) is 12.8 Å². The van der Waals surface area contributed by atoms with Gasteiger partial charge in [0.25, 0.3) is 11.8 Å². The molecule has 224 valence electrons. The molecule has 0 aliphatic carbocycles. The largest absolute Gasteiger partial charge is 0.369 e. The number of H-pyrrole nitrogens is 1. The Morgan fingerprint density at radius 3 is 2.32 bits per heavy atom. The smallest absolute Gasteiger partial charge is 0.258 e. The minimum atomic E-state index is -4.04. The van der Waals surface area contributed by atoms with Crippen molar-refractivity contribution >= 4 is 49.7 Å². The summed E-state index contributed by atoms with van der Waals surface area (Å²) in [7, 11) is -1.98. The zero-order valence-electron chi connectivity index (χ0n) is 23.7. The lowest BCUT2D eigenvalue weighted by Crippen LogP contribution is -2.44. The van der Waals surface area contributed by atoms with Gasteiger partial charge in [-0.05, 0) is 73.8 Å². The number of hydrogen-bond donors (Lipinski definition) is 3. The number of fused-ring (bicyclic) bond motifs is 1. The molecule has 0 unspecified atom stereocenters. The first-order valence-corrected chi connectivity index (χ1v) is 15.4. The summed E-state index contributed by atoms with van der Waals surface area (Å²) in [5.74, 6) is -1.49. The number of benzene rings is 4. The van der Waals surface area contributed by atoms with Crippen molar-refractivity contribution in [2.24, 2.45) is 0 Å².